The van der Waals surface area contributed by atoms with Crippen LogP contribution in [0.5, 0.6) is 0 Å². The average molecular weight is 274 g/mol. The van der Waals surface area contributed by atoms with E-state index < -0.39 is 0 Å². The van der Waals surface area contributed by atoms with Crippen molar-refractivity contribution in [3.05, 3.63) is 34.4 Å². The lowest BCUT2D eigenvalue weighted by molar-refractivity contribution is 0.247. The minimum absolute atomic E-state index is 0.140. The molecule has 1 fully saturated rings. The van der Waals surface area contributed by atoms with E-state index in [1.807, 2.05) is 0 Å². The zero-order chi connectivity index (χ0) is 14.7. The Morgan fingerprint density at radius 2 is 1.80 bits per heavy atom. The van der Waals surface area contributed by atoms with Gasteiger partial charge in [0.1, 0.15) is 0 Å². The van der Waals surface area contributed by atoms with Gasteiger partial charge in [-0.15, -0.1) is 0 Å². The van der Waals surface area contributed by atoms with Crippen molar-refractivity contribution in [1.82, 2.24) is 4.90 Å². The SMILES string of the molecule is CCCN(CC1CC1)CC(N)c1c(C)cc(C)cc1C. The molecule has 1 aromatic carbocycles. The minimum atomic E-state index is 0.140. The molecule has 0 heterocycles. The fourth-order valence-corrected chi connectivity index (χ4v) is 3.38. The molecule has 2 N–H and O–H groups in total. The monoisotopic (exact) mass is 274 g/mol. The highest BCUT2D eigenvalue weighted by Gasteiger charge is 2.25. The number of nitrogens with zero attached hydrogens (tertiary/aromatic N) is 1. The molecular weight excluding hydrogens is 244 g/mol. The molecule has 2 nitrogen and oxygen atoms in total. The molecule has 1 aromatic rings. The van der Waals surface area contributed by atoms with Crippen LogP contribution in [0, 0.1) is 26.7 Å². The third kappa shape index (κ3) is 4.07. The van der Waals surface area contributed by atoms with E-state index in [1.165, 1.54) is 54.6 Å². The number of hydrogen-bond acceptors (Lipinski definition) is 2. The van der Waals surface area contributed by atoms with E-state index in [0.717, 1.165) is 12.5 Å². The number of aryl methyl sites for hydroxylation is 3. The third-order valence-electron chi connectivity index (χ3n) is 4.32. The second-order valence-corrected chi connectivity index (χ2v) is 6.62. The number of benzene rings is 1. The van der Waals surface area contributed by atoms with E-state index >= 15 is 0 Å². The summed E-state index contributed by atoms with van der Waals surface area (Å²) in [4.78, 5) is 2.57. The summed E-state index contributed by atoms with van der Waals surface area (Å²) in [5.41, 5.74) is 11.9. The molecule has 0 amide bonds. The molecule has 0 saturated heterocycles. The molecule has 1 unspecified atom stereocenters. The fourth-order valence-electron chi connectivity index (χ4n) is 3.38. The molecule has 1 aliphatic rings. The first-order valence-electron chi connectivity index (χ1n) is 8.07. The van der Waals surface area contributed by atoms with Crippen LogP contribution in [0.4, 0.5) is 0 Å². The minimum Gasteiger partial charge on any atom is -0.323 e. The molecule has 0 aromatic heterocycles. The molecule has 0 bridgehead atoms. The molecule has 1 atom stereocenters. The largest absolute Gasteiger partial charge is 0.323 e. The number of rotatable bonds is 7. The van der Waals surface area contributed by atoms with Gasteiger partial charge in [-0.3, -0.25) is 0 Å². The van der Waals surface area contributed by atoms with Gasteiger partial charge in [0.05, 0.1) is 0 Å². The Bertz CT molecular complexity index is 426. The van der Waals surface area contributed by atoms with Crippen molar-refractivity contribution in [2.75, 3.05) is 19.6 Å². The highest BCUT2D eigenvalue weighted by Crippen LogP contribution is 2.30. The molecule has 1 aliphatic carbocycles. The van der Waals surface area contributed by atoms with Crippen molar-refractivity contribution in [3.63, 3.8) is 0 Å². The van der Waals surface area contributed by atoms with Gasteiger partial charge >= 0.3 is 0 Å². The van der Waals surface area contributed by atoms with Crippen molar-refractivity contribution in [2.45, 2.75) is 53.0 Å². The van der Waals surface area contributed by atoms with Gasteiger partial charge in [-0.2, -0.15) is 0 Å². The van der Waals surface area contributed by atoms with Crippen LogP contribution < -0.4 is 5.73 Å². The number of hydrogen-bond donors (Lipinski definition) is 1. The van der Waals surface area contributed by atoms with Crippen LogP contribution in [-0.4, -0.2) is 24.5 Å². The Labute approximate surface area is 124 Å². The first-order valence-corrected chi connectivity index (χ1v) is 8.07. The van der Waals surface area contributed by atoms with Crippen molar-refractivity contribution >= 4 is 0 Å². The Morgan fingerprint density at radius 3 is 2.30 bits per heavy atom. The Morgan fingerprint density at radius 1 is 1.20 bits per heavy atom. The van der Waals surface area contributed by atoms with Crippen LogP contribution in [0.25, 0.3) is 0 Å². The zero-order valence-corrected chi connectivity index (χ0v) is 13.6. The van der Waals surface area contributed by atoms with Crippen LogP contribution >= 0.6 is 0 Å². The quantitative estimate of drug-likeness (QED) is 0.821. The predicted octanol–water partition coefficient (Wildman–Crippen LogP) is 3.73. The molecule has 2 rings (SSSR count). The van der Waals surface area contributed by atoms with Gasteiger partial charge in [0, 0.05) is 19.1 Å². The molecule has 0 spiro atoms. The standard InChI is InChI=1S/C18H30N2/c1-5-8-20(11-16-6-7-16)12-17(19)18-14(3)9-13(2)10-15(18)4/h9-10,16-17H,5-8,11-12,19H2,1-4H3. The Hall–Kier alpha value is -0.860. The maximum atomic E-state index is 6.53. The Kier molecular flexibility index (Phi) is 5.22. The maximum Gasteiger partial charge on any atom is 0.0429 e. The van der Waals surface area contributed by atoms with E-state index in [2.05, 4.69) is 44.7 Å². The van der Waals surface area contributed by atoms with Crippen LogP contribution in [-0.2, 0) is 0 Å². The van der Waals surface area contributed by atoms with Crippen molar-refractivity contribution in [3.8, 4) is 0 Å². The average Bonchev–Trinajstić information content (AvgIpc) is 3.11. The summed E-state index contributed by atoms with van der Waals surface area (Å²) in [6.07, 6.45) is 4.04. The summed E-state index contributed by atoms with van der Waals surface area (Å²) in [7, 11) is 0. The van der Waals surface area contributed by atoms with Crippen LogP contribution in [0.1, 0.15) is 54.5 Å². The van der Waals surface area contributed by atoms with Gasteiger partial charge < -0.3 is 10.6 Å². The molecule has 20 heavy (non-hydrogen) atoms. The maximum absolute atomic E-state index is 6.53. The summed E-state index contributed by atoms with van der Waals surface area (Å²) in [5, 5.41) is 0. The molecular formula is C18H30N2. The molecule has 0 radical (unpaired) electrons. The molecule has 2 heteroatoms. The summed E-state index contributed by atoms with van der Waals surface area (Å²) in [6.45, 7) is 12.2. The molecule has 1 saturated carbocycles. The summed E-state index contributed by atoms with van der Waals surface area (Å²) in [5.74, 6) is 0.939. The van der Waals surface area contributed by atoms with Gasteiger partial charge in [-0.25, -0.2) is 0 Å². The van der Waals surface area contributed by atoms with E-state index in [4.69, 9.17) is 5.73 Å². The number of nitrogens with two attached hydrogens (primary N) is 1. The highest BCUT2D eigenvalue weighted by atomic mass is 15.1. The normalized spacial score (nSPS) is 16.7. The second-order valence-electron chi connectivity index (χ2n) is 6.62. The summed E-state index contributed by atoms with van der Waals surface area (Å²) in [6, 6.07) is 4.65. The van der Waals surface area contributed by atoms with E-state index in [0.29, 0.717) is 0 Å². The highest BCUT2D eigenvalue weighted by molar-refractivity contribution is 5.39. The van der Waals surface area contributed by atoms with E-state index in [-0.39, 0.29) is 6.04 Å². The van der Waals surface area contributed by atoms with Gasteiger partial charge in [-0.05, 0) is 69.2 Å². The van der Waals surface area contributed by atoms with Crippen molar-refractivity contribution in [1.29, 1.82) is 0 Å². The lowest BCUT2D eigenvalue weighted by Gasteiger charge is -2.27. The van der Waals surface area contributed by atoms with Crippen molar-refractivity contribution < 1.29 is 0 Å². The van der Waals surface area contributed by atoms with Crippen molar-refractivity contribution in [2.24, 2.45) is 11.7 Å². The molecule has 0 aliphatic heterocycles. The summed E-state index contributed by atoms with van der Waals surface area (Å²) < 4.78 is 0. The van der Waals surface area contributed by atoms with Gasteiger partial charge in [0.15, 0.2) is 0 Å². The zero-order valence-electron chi connectivity index (χ0n) is 13.6. The summed E-state index contributed by atoms with van der Waals surface area (Å²) >= 11 is 0. The smallest absolute Gasteiger partial charge is 0.0429 e. The van der Waals surface area contributed by atoms with E-state index in [9.17, 15) is 0 Å². The van der Waals surface area contributed by atoms with E-state index in [1.54, 1.807) is 0 Å². The topological polar surface area (TPSA) is 29.3 Å². The first kappa shape index (κ1) is 15.5. The lowest BCUT2D eigenvalue weighted by Crippen LogP contribution is -2.35. The first-order chi connectivity index (χ1) is 9.51. The van der Waals surface area contributed by atoms with Gasteiger partial charge in [0.2, 0.25) is 0 Å². The third-order valence-corrected chi connectivity index (χ3v) is 4.32. The lowest BCUT2D eigenvalue weighted by atomic mass is 9.94. The van der Waals surface area contributed by atoms with Gasteiger partial charge in [-0.1, -0.05) is 24.6 Å². The predicted molar refractivity (Wildman–Crippen MR) is 87.0 cm³/mol. The van der Waals surface area contributed by atoms with Crippen LogP contribution in [0.15, 0.2) is 12.1 Å². The second kappa shape index (κ2) is 6.73. The van der Waals surface area contributed by atoms with Gasteiger partial charge in [0.25, 0.3) is 0 Å². The Balaban J connectivity index is 2.07. The fraction of sp³-hybridized carbons (Fsp3) is 0.667. The van der Waals surface area contributed by atoms with Crippen LogP contribution in [0.2, 0.25) is 0 Å². The van der Waals surface area contributed by atoms with Crippen LogP contribution in [0.3, 0.4) is 0 Å². The molecule has 112 valence electrons.